The number of benzene rings is 4. The zero-order valence-electron chi connectivity index (χ0n) is 22.2. The van der Waals surface area contributed by atoms with Crippen molar-refractivity contribution in [3.05, 3.63) is 113 Å². The average molecular weight is 493 g/mol. The second kappa shape index (κ2) is 10.8. The summed E-state index contributed by atoms with van der Waals surface area (Å²) in [6.07, 6.45) is 0.878. The van der Waals surface area contributed by atoms with Gasteiger partial charge in [0.15, 0.2) is 0 Å². The molecule has 0 fully saturated rings. The molecule has 0 aliphatic carbocycles. The fourth-order valence-corrected chi connectivity index (χ4v) is 5.42. The van der Waals surface area contributed by atoms with Crippen LogP contribution in [0.1, 0.15) is 64.8 Å². The fraction of sp³-hybridized carbons (Fsp3) is 0.303. The van der Waals surface area contributed by atoms with Gasteiger partial charge >= 0.3 is 0 Å². The molecular formula is C33H36N2O2. The maximum atomic E-state index is 13.0. The Hall–Kier alpha value is -3.63. The maximum Gasteiger partial charge on any atom is 0.253 e. The molecule has 3 atom stereocenters. The van der Waals surface area contributed by atoms with Gasteiger partial charge in [0.25, 0.3) is 5.91 Å². The van der Waals surface area contributed by atoms with E-state index >= 15 is 0 Å². The van der Waals surface area contributed by atoms with Gasteiger partial charge in [-0.25, -0.2) is 0 Å². The number of hydrogen-bond donors (Lipinski definition) is 1. The highest BCUT2D eigenvalue weighted by molar-refractivity contribution is 5.95. The van der Waals surface area contributed by atoms with E-state index in [1.807, 2.05) is 27.0 Å². The molecule has 0 spiro atoms. The number of aryl methyl sites for hydroxylation is 1. The van der Waals surface area contributed by atoms with Crippen LogP contribution in [0.3, 0.4) is 0 Å². The Morgan fingerprint density at radius 1 is 1.03 bits per heavy atom. The monoisotopic (exact) mass is 492 g/mol. The third-order valence-electron chi connectivity index (χ3n) is 7.74. The lowest BCUT2D eigenvalue weighted by Gasteiger charge is -2.34. The highest BCUT2D eigenvalue weighted by Gasteiger charge is 2.30. The van der Waals surface area contributed by atoms with Gasteiger partial charge in [0.05, 0.1) is 0 Å². The van der Waals surface area contributed by atoms with E-state index < -0.39 is 0 Å². The first-order chi connectivity index (χ1) is 18.0. The van der Waals surface area contributed by atoms with Crippen LogP contribution in [0, 0.1) is 6.92 Å². The Balaban J connectivity index is 1.39. The molecule has 0 saturated carbocycles. The molecule has 0 aromatic heterocycles. The molecule has 0 unspecified atom stereocenters. The Morgan fingerprint density at radius 2 is 1.78 bits per heavy atom. The van der Waals surface area contributed by atoms with Gasteiger partial charge in [-0.3, -0.25) is 4.79 Å². The summed E-state index contributed by atoms with van der Waals surface area (Å²) in [6.45, 7) is 7.66. The van der Waals surface area contributed by atoms with Crippen LogP contribution in [0.5, 0.6) is 5.75 Å². The van der Waals surface area contributed by atoms with Crippen molar-refractivity contribution in [1.82, 2.24) is 10.2 Å². The fourth-order valence-electron chi connectivity index (χ4n) is 5.42. The number of ether oxygens (including phenoxy) is 1. The quantitative estimate of drug-likeness (QED) is 0.306. The molecule has 1 N–H and O–H groups in total. The van der Waals surface area contributed by atoms with Crippen LogP contribution in [0.2, 0.25) is 0 Å². The lowest BCUT2D eigenvalue weighted by molar-refractivity contribution is 0.0801. The van der Waals surface area contributed by atoms with E-state index in [2.05, 4.69) is 91.1 Å². The molecule has 190 valence electrons. The number of fused-ring (bicyclic) bond motifs is 2. The first kappa shape index (κ1) is 25.0. The first-order valence-corrected chi connectivity index (χ1v) is 13.3. The van der Waals surface area contributed by atoms with E-state index in [9.17, 15) is 4.79 Å². The van der Waals surface area contributed by atoms with Crippen LogP contribution in [0.25, 0.3) is 10.8 Å². The van der Waals surface area contributed by atoms with Gasteiger partial charge in [-0.1, -0.05) is 72.8 Å². The zero-order valence-corrected chi connectivity index (χ0v) is 22.2. The van der Waals surface area contributed by atoms with Gasteiger partial charge < -0.3 is 15.0 Å². The summed E-state index contributed by atoms with van der Waals surface area (Å²) in [5, 5.41) is 6.28. The maximum absolute atomic E-state index is 13.0. The molecule has 1 amide bonds. The largest absolute Gasteiger partial charge is 0.489 e. The normalized spacial score (nSPS) is 17.6. The number of nitrogens with one attached hydrogen (secondary N) is 1. The molecular weight excluding hydrogens is 456 g/mol. The summed E-state index contributed by atoms with van der Waals surface area (Å²) < 4.78 is 6.48. The lowest BCUT2D eigenvalue weighted by atomic mass is 9.83. The zero-order chi connectivity index (χ0) is 25.9. The minimum absolute atomic E-state index is 0.0242. The molecule has 0 radical (unpaired) electrons. The summed E-state index contributed by atoms with van der Waals surface area (Å²) >= 11 is 0. The van der Waals surface area contributed by atoms with E-state index in [1.54, 1.807) is 4.90 Å². The van der Waals surface area contributed by atoms with Gasteiger partial charge in [-0.05, 0) is 66.8 Å². The molecule has 1 aliphatic heterocycles. The summed E-state index contributed by atoms with van der Waals surface area (Å²) in [4.78, 5) is 14.8. The van der Waals surface area contributed by atoms with Crippen LogP contribution in [-0.2, 0) is 0 Å². The van der Waals surface area contributed by atoms with Gasteiger partial charge in [0, 0.05) is 43.2 Å². The molecule has 0 saturated heterocycles. The topological polar surface area (TPSA) is 41.6 Å². The van der Waals surface area contributed by atoms with E-state index in [4.69, 9.17) is 4.74 Å². The van der Waals surface area contributed by atoms with Gasteiger partial charge in [0.2, 0.25) is 0 Å². The minimum Gasteiger partial charge on any atom is -0.489 e. The smallest absolute Gasteiger partial charge is 0.253 e. The van der Waals surface area contributed by atoms with Crippen molar-refractivity contribution >= 4 is 16.7 Å². The Morgan fingerprint density at radius 3 is 2.62 bits per heavy atom. The number of nitrogens with zero attached hydrogens (tertiary/aromatic N) is 1. The van der Waals surface area contributed by atoms with E-state index in [0.29, 0.717) is 6.54 Å². The van der Waals surface area contributed by atoms with Gasteiger partial charge in [-0.2, -0.15) is 0 Å². The Kier molecular flexibility index (Phi) is 7.29. The van der Waals surface area contributed by atoms with E-state index in [1.165, 1.54) is 27.5 Å². The van der Waals surface area contributed by atoms with Crippen molar-refractivity contribution in [3.63, 3.8) is 0 Å². The lowest BCUT2D eigenvalue weighted by Crippen LogP contribution is -2.37. The molecule has 4 nitrogen and oxygen atoms in total. The summed E-state index contributed by atoms with van der Waals surface area (Å²) in [6, 6.07) is 29.9. The van der Waals surface area contributed by atoms with Crippen LogP contribution in [-0.4, -0.2) is 37.0 Å². The SMILES string of the molecule is CCN(C)C(=O)c1cc([C@@H]2C[C@H](CN[C@H](C)c3cccc4ccccc34)Oc3ccccc32)ccc1C. The van der Waals surface area contributed by atoms with Gasteiger partial charge in [0.1, 0.15) is 11.9 Å². The van der Waals surface area contributed by atoms with Gasteiger partial charge in [-0.15, -0.1) is 0 Å². The van der Waals surface area contributed by atoms with Crippen molar-refractivity contribution in [3.8, 4) is 5.75 Å². The molecule has 5 rings (SSSR count). The standard InChI is InChI=1S/C33H36N2O2/c1-5-35(4)33(36)30-19-25(18-17-22(30)2)31-20-26(37-32-16-9-8-14-29(31)32)21-34-23(3)27-15-10-12-24-11-6-7-13-28(24)27/h6-19,23,26,31,34H,5,20-21H2,1-4H3/t23-,26-,31+/m1/s1. The van der Waals surface area contributed by atoms with Crippen molar-refractivity contribution in [2.24, 2.45) is 0 Å². The third-order valence-corrected chi connectivity index (χ3v) is 7.74. The van der Waals surface area contributed by atoms with Crippen molar-refractivity contribution in [2.75, 3.05) is 20.1 Å². The average Bonchev–Trinajstić information content (AvgIpc) is 2.94. The molecule has 1 aliphatic rings. The summed E-state index contributed by atoms with van der Waals surface area (Å²) in [7, 11) is 1.86. The Labute approximate surface area is 220 Å². The number of hydrogen-bond acceptors (Lipinski definition) is 3. The second-order valence-corrected chi connectivity index (χ2v) is 10.2. The number of carbonyl (C=O) groups excluding carboxylic acids is 1. The number of rotatable bonds is 7. The predicted octanol–water partition coefficient (Wildman–Crippen LogP) is 6.87. The highest BCUT2D eigenvalue weighted by Crippen LogP contribution is 2.41. The molecule has 4 heteroatoms. The molecule has 4 aromatic rings. The van der Waals surface area contributed by atoms with Crippen LogP contribution in [0.4, 0.5) is 0 Å². The molecule has 4 aromatic carbocycles. The van der Waals surface area contributed by atoms with E-state index in [0.717, 1.165) is 29.8 Å². The number of para-hydroxylation sites is 1. The number of amides is 1. The van der Waals surface area contributed by atoms with E-state index in [-0.39, 0.29) is 24.0 Å². The van der Waals surface area contributed by atoms with Crippen LogP contribution < -0.4 is 10.1 Å². The number of carbonyl (C=O) groups is 1. The molecule has 0 bridgehead atoms. The first-order valence-electron chi connectivity index (χ1n) is 13.3. The van der Waals surface area contributed by atoms with Crippen molar-refractivity contribution < 1.29 is 9.53 Å². The van der Waals surface area contributed by atoms with Crippen LogP contribution >= 0.6 is 0 Å². The minimum atomic E-state index is 0.0242. The molecule has 1 heterocycles. The Bertz CT molecular complexity index is 1410. The highest BCUT2D eigenvalue weighted by atomic mass is 16.5. The van der Waals surface area contributed by atoms with Crippen molar-refractivity contribution in [1.29, 1.82) is 0 Å². The second-order valence-electron chi connectivity index (χ2n) is 10.2. The van der Waals surface area contributed by atoms with Crippen LogP contribution in [0.15, 0.2) is 84.9 Å². The summed E-state index contributed by atoms with van der Waals surface area (Å²) in [5.41, 5.74) is 5.45. The third kappa shape index (κ3) is 5.12. The summed E-state index contributed by atoms with van der Waals surface area (Å²) in [5.74, 6) is 1.18. The molecule has 37 heavy (non-hydrogen) atoms. The predicted molar refractivity (Wildman–Crippen MR) is 151 cm³/mol. The van der Waals surface area contributed by atoms with Crippen molar-refractivity contribution in [2.45, 2.75) is 45.3 Å².